The van der Waals surface area contributed by atoms with E-state index in [1.165, 1.54) is 12.1 Å². The molecule has 2 heterocycles. The number of benzene rings is 1. The number of rotatable bonds is 8. The summed E-state index contributed by atoms with van der Waals surface area (Å²) in [5.41, 5.74) is 2.45. The topological polar surface area (TPSA) is 81.1 Å². The van der Waals surface area contributed by atoms with Crippen molar-refractivity contribution in [3.63, 3.8) is 0 Å². The van der Waals surface area contributed by atoms with Crippen LogP contribution in [0.3, 0.4) is 0 Å². The molecule has 1 N–H and O–H groups in total. The van der Waals surface area contributed by atoms with Crippen LogP contribution in [0.2, 0.25) is 5.02 Å². The molecule has 146 valence electrons. The Balaban J connectivity index is 1.78. The molecule has 6 nitrogen and oxygen atoms in total. The van der Waals surface area contributed by atoms with Crippen LogP contribution in [0.1, 0.15) is 34.0 Å². The van der Waals surface area contributed by atoms with Gasteiger partial charge in [0.25, 0.3) is 0 Å². The minimum absolute atomic E-state index is 0.0958. The van der Waals surface area contributed by atoms with Gasteiger partial charge in [-0.15, -0.1) is 0 Å². The Morgan fingerprint density at radius 1 is 1.21 bits per heavy atom. The van der Waals surface area contributed by atoms with E-state index < -0.39 is 10.0 Å². The first kappa shape index (κ1) is 20.3. The minimum Gasteiger partial charge on any atom is -0.348 e. The maximum absolute atomic E-state index is 12.5. The second-order valence-corrected chi connectivity index (χ2v) is 8.61. The lowest BCUT2D eigenvalue weighted by Gasteiger charge is -2.16. The van der Waals surface area contributed by atoms with Crippen molar-refractivity contribution in [2.45, 2.75) is 17.2 Å². The van der Waals surface area contributed by atoms with E-state index in [4.69, 9.17) is 11.6 Å². The summed E-state index contributed by atoms with van der Waals surface area (Å²) < 4.78 is 29.4. The predicted octanol–water partition coefficient (Wildman–Crippen LogP) is 3.39. The Morgan fingerprint density at radius 3 is 2.57 bits per heavy atom. The molecule has 1 aromatic carbocycles. The molecule has 0 fully saturated rings. The smallest absolute Gasteiger partial charge is 0.240 e. The standard InChI is InChI=1S/C20H20ClN3O3S/c1-24-13-16(11-18(24)14-25)20(15-3-2-9-22-12-15)8-10-23-28(26,27)19-6-4-17(21)5-7-19/h2-7,9,11-14,20,23H,8,10H2,1H3. The lowest BCUT2D eigenvalue weighted by Crippen LogP contribution is -2.26. The van der Waals surface area contributed by atoms with Gasteiger partial charge in [0.2, 0.25) is 10.0 Å². The Bertz CT molecular complexity index is 1050. The molecule has 0 radical (unpaired) electrons. The summed E-state index contributed by atoms with van der Waals surface area (Å²) in [5.74, 6) is -0.0958. The molecule has 3 rings (SSSR count). The highest BCUT2D eigenvalue weighted by Gasteiger charge is 2.19. The fourth-order valence-electron chi connectivity index (χ4n) is 3.06. The number of aldehydes is 1. The molecule has 0 aliphatic carbocycles. The van der Waals surface area contributed by atoms with Crippen LogP contribution in [0.4, 0.5) is 0 Å². The van der Waals surface area contributed by atoms with E-state index >= 15 is 0 Å². The predicted molar refractivity (Wildman–Crippen MR) is 108 cm³/mol. The summed E-state index contributed by atoms with van der Waals surface area (Å²) in [4.78, 5) is 15.5. The molecule has 2 aromatic heterocycles. The second kappa shape index (κ2) is 8.68. The van der Waals surface area contributed by atoms with Gasteiger partial charge < -0.3 is 4.57 Å². The quantitative estimate of drug-likeness (QED) is 0.569. The zero-order valence-corrected chi connectivity index (χ0v) is 16.8. The number of aromatic nitrogens is 2. The largest absolute Gasteiger partial charge is 0.348 e. The molecule has 0 spiro atoms. The van der Waals surface area contributed by atoms with E-state index in [2.05, 4.69) is 9.71 Å². The highest BCUT2D eigenvalue weighted by atomic mass is 35.5. The van der Waals surface area contributed by atoms with Crippen LogP contribution in [0.25, 0.3) is 0 Å². The van der Waals surface area contributed by atoms with Crippen molar-refractivity contribution in [2.24, 2.45) is 7.05 Å². The third-order valence-electron chi connectivity index (χ3n) is 4.52. The normalized spacial score (nSPS) is 12.6. The van der Waals surface area contributed by atoms with Crippen LogP contribution in [-0.2, 0) is 17.1 Å². The number of halogens is 1. The summed E-state index contributed by atoms with van der Waals surface area (Å²) in [6, 6.07) is 11.6. The first-order chi connectivity index (χ1) is 13.4. The number of sulfonamides is 1. The van der Waals surface area contributed by atoms with Gasteiger partial charge in [-0.25, -0.2) is 13.1 Å². The zero-order chi connectivity index (χ0) is 20.1. The van der Waals surface area contributed by atoms with E-state index in [-0.39, 0.29) is 17.4 Å². The first-order valence-electron chi connectivity index (χ1n) is 8.67. The second-order valence-electron chi connectivity index (χ2n) is 6.41. The van der Waals surface area contributed by atoms with Gasteiger partial charge in [0.15, 0.2) is 6.29 Å². The van der Waals surface area contributed by atoms with Gasteiger partial charge >= 0.3 is 0 Å². The van der Waals surface area contributed by atoms with Gasteiger partial charge in [0, 0.05) is 43.1 Å². The third kappa shape index (κ3) is 4.67. The van der Waals surface area contributed by atoms with Gasteiger partial charge in [-0.3, -0.25) is 9.78 Å². The molecule has 0 saturated heterocycles. The fourth-order valence-corrected chi connectivity index (χ4v) is 4.23. The fraction of sp³-hybridized carbons (Fsp3) is 0.200. The van der Waals surface area contributed by atoms with Crippen LogP contribution < -0.4 is 4.72 Å². The Kier molecular flexibility index (Phi) is 6.28. The number of aryl methyl sites for hydroxylation is 1. The van der Waals surface area contributed by atoms with Crippen molar-refractivity contribution in [3.8, 4) is 0 Å². The molecule has 8 heteroatoms. The van der Waals surface area contributed by atoms with Crippen LogP contribution >= 0.6 is 11.6 Å². The molecule has 3 aromatic rings. The average molecular weight is 418 g/mol. The van der Waals surface area contributed by atoms with Crippen molar-refractivity contribution in [1.82, 2.24) is 14.3 Å². The molecule has 0 saturated carbocycles. The van der Waals surface area contributed by atoms with E-state index in [9.17, 15) is 13.2 Å². The third-order valence-corrected chi connectivity index (χ3v) is 6.25. The number of hydrogen-bond acceptors (Lipinski definition) is 4. The van der Waals surface area contributed by atoms with Crippen LogP contribution in [0.15, 0.2) is 66.0 Å². The van der Waals surface area contributed by atoms with E-state index in [1.807, 2.05) is 24.4 Å². The van der Waals surface area contributed by atoms with Gasteiger partial charge in [0.1, 0.15) is 0 Å². The molecule has 0 aliphatic rings. The van der Waals surface area contributed by atoms with Gasteiger partial charge in [0.05, 0.1) is 10.6 Å². The molecule has 1 atom stereocenters. The molecular weight excluding hydrogens is 398 g/mol. The SMILES string of the molecule is Cn1cc(C(CCNS(=O)(=O)c2ccc(Cl)cc2)c2cccnc2)cc1C=O. The molecule has 0 aliphatic heterocycles. The van der Waals surface area contributed by atoms with Crippen molar-refractivity contribution >= 4 is 27.9 Å². The number of carbonyl (C=O) groups is 1. The lowest BCUT2D eigenvalue weighted by molar-refractivity contribution is 0.111. The average Bonchev–Trinajstić information content (AvgIpc) is 3.06. The highest BCUT2D eigenvalue weighted by molar-refractivity contribution is 7.89. The van der Waals surface area contributed by atoms with Crippen LogP contribution in [-0.4, -0.2) is 30.8 Å². The van der Waals surface area contributed by atoms with Crippen LogP contribution in [0.5, 0.6) is 0 Å². The Hall–Kier alpha value is -2.48. The lowest BCUT2D eigenvalue weighted by atomic mass is 9.91. The maximum Gasteiger partial charge on any atom is 0.240 e. The number of nitrogens with zero attached hydrogens (tertiary/aromatic N) is 2. The van der Waals surface area contributed by atoms with Gasteiger partial charge in [-0.2, -0.15) is 0 Å². The monoisotopic (exact) mass is 417 g/mol. The van der Waals surface area contributed by atoms with E-state index in [0.29, 0.717) is 17.1 Å². The summed E-state index contributed by atoms with van der Waals surface area (Å²) >= 11 is 5.82. The minimum atomic E-state index is -3.63. The number of pyridine rings is 1. The summed E-state index contributed by atoms with van der Waals surface area (Å²) in [5, 5.41) is 0.477. The Morgan fingerprint density at radius 2 is 1.96 bits per heavy atom. The van der Waals surface area contributed by atoms with Gasteiger partial charge in [-0.05, 0) is 53.9 Å². The number of carbonyl (C=O) groups excluding carboxylic acids is 1. The zero-order valence-electron chi connectivity index (χ0n) is 15.2. The number of nitrogens with one attached hydrogen (secondary N) is 1. The van der Waals surface area contributed by atoms with Crippen LogP contribution in [0, 0.1) is 0 Å². The van der Waals surface area contributed by atoms with Crippen molar-refractivity contribution < 1.29 is 13.2 Å². The molecule has 28 heavy (non-hydrogen) atoms. The molecule has 0 amide bonds. The van der Waals surface area contributed by atoms with E-state index in [1.54, 1.807) is 36.1 Å². The van der Waals surface area contributed by atoms with Crippen molar-refractivity contribution in [3.05, 3.63) is 82.9 Å². The first-order valence-corrected chi connectivity index (χ1v) is 10.5. The molecule has 1 unspecified atom stereocenters. The molecular formula is C20H20ClN3O3S. The van der Waals surface area contributed by atoms with Crippen molar-refractivity contribution in [2.75, 3.05) is 6.54 Å². The molecule has 0 bridgehead atoms. The summed E-state index contributed by atoms with van der Waals surface area (Å²) in [6.45, 7) is 0.232. The summed E-state index contributed by atoms with van der Waals surface area (Å²) in [7, 11) is -1.83. The summed E-state index contributed by atoms with van der Waals surface area (Å²) in [6.07, 6.45) is 6.64. The highest BCUT2D eigenvalue weighted by Crippen LogP contribution is 2.28. The van der Waals surface area contributed by atoms with Gasteiger partial charge in [-0.1, -0.05) is 17.7 Å². The maximum atomic E-state index is 12.5. The Labute approximate surface area is 169 Å². The van der Waals surface area contributed by atoms with E-state index in [0.717, 1.165) is 17.4 Å². The number of hydrogen-bond donors (Lipinski definition) is 1. The van der Waals surface area contributed by atoms with Crippen molar-refractivity contribution in [1.29, 1.82) is 0 Å².